The van der Waals surface area contributed by atoms with Crippen LogP contribution in [-0.2, 0) is 54.8 Å². The summed E-state index contributed by atoms with van der Waals surface area (Å²) in [5, 5.41) is 39.4. The van der Waals surface area contributed by atoms with Gasteiger partial charge in [-0.15, -0.1) is 0 Å². The van der Waals surface area contributed by atoms with Gasteiger partial charge >= 0.3 is 0 Å². The second-order valence-corrected chi connectivity index (χ2v) is 19.6. The second-order valence-electron chi connectivity index (χ2n) is 19.6. The summed E-state index contributed by atoms with van der Waals surface area (Å²) in [6.45, 7) is 5.67. The molecule has 2 fully saturated rings. The van der Waals surface area contributed by atoms with Crippen molar-refractivity contribution < 1.29 is 48.8 Å². The topological polar surface area (TPSA) is 136 Å². The number of benzene rings is 8. The summed E-state index contributed by atoms with van der Waals surface area (Å²) in [5.41, 5.74) is 12.7. The number of aliphatic hydroxyl groups excluding tert-OH is 4. The molecule has 2 aliphatic rings. The maximum Gasteiger partial charge on any atom is 0.117 e. The third kappa shape index (κ3) is 14.2. The number of aryl methyl sites for hydroxylation is 2. The molecule has 2 heterocycles. The lowest BCUT2D eigenvalue weighted by atomic mass is 9.89. The first-order chi connectivity index (χ1) is 37.2. The van der Waals surface area contributed by atoms with Crippen molar-refractivity contribution in [3.8, 4) is 22.3 Å². The highest BCUT2D eigenvalue weighted by molar-refractivity contribution is 5.65. The number of ether oxygens (including phenoxy) is 6. The van der Waals surface area contributed by atoms with Gasteiger partial charge in [-0.25, -0.2) is 0 Å². The van der Waals surface area contributed by atoms with Gasteiger partial charge in [0, 0.05) is 0 Å². The summed E-state index contributed by atoms with van der Waals surface area (Å²) in [4.78, 5) is 0. The predicted octanol–water partition coefficient (Wildman–Crippen LogP) is 11.3. The van der Waals surface area contributed by atoms with E-state index in [1.54, 1.807) is 6.07 Å². The molecule has 0 unspecified atom stereocenters. The Balaban J connectivity index is 0.000000245. The Hall–Kier alpha value is -6.64. The summed E-state index contributed by atoms with van der Waals surface area (Å²) in [6, 6.07) is 73.8. The Morgan fingerprint density at radius 3 is 1.24 bits per heavy atom. The van der Waals surface area contributed by atoms with Crippen LogP contribution in [0.4, 0.5) is 0 Å². The van der Waals surface area contributed by atoms with E-state index in [4.69, 9.17) is 28.4 Å². The van der Waals surface area contributed by atoms with Gasteiger partial charge in [0.1, 0.15) is 61.0 Å². The molecule has 392 valence electrons. The molecule has 10 rings (SSSR count). The Labute approximate surface area is 446 Å². The molecule has 2 saturated heterocycles. The van der Waals surface area contributed by atoms with Gasteiger partial charge in [-0.2, -0.15) is 0 Å². The van der Waals surface area contributed by atoms with Crippen LogP contribution in [0.3, 0.4) is 0 Å². The molecule has 0 bridgehead atoms. The molecule has 8 aromatic carbocycles. The van der Waals surface area contributed by atoms with Gasteiger partial charge in [-0.3, -0.25) is 0 Å². The molecular weight excluding hydrogens is 953 g/mol. The van der Waals surface area contributed by atoms with Crippen LogP contribution in [0.25, 0.3) is 22.3 Å². The minimum Gasteiger partial charge on any atom is -0.394 e. The summed E-state index contributed by atoms with van der Waals surface area (Å²) in [7, 11) is 0. The normalized spacial score (nSPS) is 23.3. The van der Waals surface area contributed by atoms with E-state index in [0.29, 0.717) is 38.6 Å². The molecule has 0 aromatic heterocycles. The summed E-state index contributed by atoms with van der Waals surface area (Å²) < 4.78 is 39.9. The fourth-order valence-corrected chi connectivity index (χ4v) is 9.72. The Bertz CT molecular complexity index is 2960. The van der Waals surface area contributed by atoms with Crippen molar-refractivity contribution in [3.63, 3.8) is 0 Å². The predicted molar refractivity (Wildman–Crippen MR) is 295 cm³/mol. The minimum absolute atomic E-state index is 0.319. The Kier molecular flexibility index (Phi) is 19.2. The zero-order valence-corrected chi connectivity index (χ0v) is 43.0. The van der Waals surface area contributed by atoms with Crippen molar-refractivity contribution >= 4 is 0 Å². The Morgan fingerprint density at radius 2 is 0.776 bits per heavy atom. The molecule has 4 N–H and O–H groups in total. The third-order valence-electron chi connectivity index (χ3n) is 14.0. The van der Waals surface area contributed by atoms with Crippen LogP contribution in [-0.4, -0.2) is 82.5 Å². The van der Waals surface area contributed by atoms with Gasteiger partial charge in [-0.1, -0.05) is 217 Å². The van der Waals surface area contributed by atoms with Gasteiger partial charge in [0.2, 0.25) is 0 Å². The summed E-state index contributed by atoms with van der Waals surface area (Å²) in [6.07, 6.45) is -8.08. The van der Waals surface area contributed by atoms with Crippen molar-refractivity contribution in [2.24, 2.45) is 0 Å². The molecule has 0 spiro atoms. The standard InChI is InChI=1S/C47H46O5.C19H22O5/c1-35-25-27-40(28-26-35)41-23-14-24-42(29-41)44-46(50-32-38-19-10-4-11-20-38)47(51-33-39-21-12-5-13-22-39)45(49-31-37-17-8-3-9-18-37)43(52-44)34-48-30-36-15-6-2-7-16-36;1-11-5-7-12(8-6-11)13-3-2-4-14(9-13)19-18(23)17(22)16(21)15(10-20)24-19/h2-29,43-47H,30-34H2,1H3;2-9,15-23H,10H2,1H3/t43-,44+,45-,46+,47+;15-,16-,17+,18-,19+/m11/s1. The maximum absolute atomic E-state index is 10.3. The van der Waals surface area contributed by atoms with Crippen molar-refractivity contribution in [3.05, 3.63) is 263 Å². The first kappa shape index (κ1) is 54.2. The lowest BCUT2D eigenvalue weighted by Crippen LogP contribution is -2.58. The van der Waals surface area contributed by atoms with Gasteiger partial charge in [0.05, 0.1) is 39.6 Å². The molecule has 76 heavy (non-hydrogen) atoms. The zero-order valence-electron chi connectivity index (χ0n) is 43.0. The van der Waals surface area contributed by atoms with Crippen molar-refractivity contribution in [2.75, 3.05) is 13.2 Å². The molecule has 10 heteroatoms. The van der Waals surface area contributed by atoms with Crippen LogP contribution in [0, 0.1) is 13.8 Å². The average Bonchev–Trinajstić information content (AvgIpc) is 3.50. The molecule has 8 aromatic rings. The lowest BCUT2D eigenvalue weighted by molar-refractivity contribution is -0.275. The number of hydrogen-bond acceptors (Lipinski definition) is 10. The number of hydrogen-bond donors (Lipinski definition) is 4. The van der Waals surface area contributed by atoms with Crippen LogP contribution >= 0.6 is 0 Å². The number of rotatable bonds is 18. The molecule has 10 atom stereocenters. The first-order valence-corrected chi connectivity index (χ1v) is 26.1. The van der Waals surface area contributed by atoms with E-state index in [9.17, 15) is 20.4 Å². The number of aliphatic hydroxyl groups is 4. The van der Waals surface area contributed by atoms with Crippen LogP contribution in [0.1, 0.15) is 56.7 Å². The molecular formula is C66H68O10. The quantitative estimate of drug-likeness (QED) is 0.0658. The van der Waals surface area contributed by atoms with Gasteiger partial charge in [-0.05, 0) is 81.6 Å². The molecule has 0 saturated carbocycles. The van der Waals surface area contributed by atoms with Crippen LogP contribution in [0.5, 0.6) is 0 Å². The molecule has 2 aliphatic heterocycles. The van der Waals surface area contributed by atoms with Gasteiger partial charge < -0.3 is 48.8 Å². The van der Waals surface area contributed by atoms with E-state index in [1.165, 1.54) is 11.1 Å². The van der Waals surface area contributed by atoms with Crippen molar-refractivity contribution in [1.82, 2.24) is 0 Å². The van der Waals surface area contributed by atoms with E-state index in [1.807, 2.05) is 122 Å². The Morgan fingerprint density at radius 1 is 0.368 bits per heavy atom. The molecule has 10 nitrogen and oxygen atoms in total. The van der Waals surface area contributed by atoms with E-state index in [2.05, 4.69) is 104 Å². The zero-order chi connectivity index (χ0) is 52.6. The van der Waals surface area contributed by atoms with E-state index >= 15 is 0 Å². The largest absolute Gasteiger partial charge is 0.394 e. The highest BCUT2D eigenvalue weighted by atomic mass is 16.6. The summed E-state index contributed by atoms with van der Waals surface area (Å²) in [5.74, 6) is 0. The molecule has 0 aliphatic carbocycles. The smallest absolute Gasteiger partial charge is 0.117 e. The van der Waals surface area contributed by atoms with E-state index < -0.39 is 67.6 Å². The fraction of sp³-hybridized carbons (Fsp3) is 0.273. The van der Waals surface area contributed by atoms with E-state index in [-0.39, 0.29) is 0 Å². The van der Waals surface area contributed by atoms with Gasteiger partial charge in [0.25, 0.3) is 0 Å². The average molecular weight is 1020 g/mol. The van der Waals surface area contributed by atoms with Crippen LogP contribution in [0.2, 0.25) is 0 Å². The highest BCUT2D eigenvalue weighted by Gasteiger charge is 2.49. The monoisotopic (exact) mass is 1020 g/mol. The third-order valence-corrected chi connectivity index (χ3v) is 14.0. The fourth-order valence-electron chi connectivity index (χ4n) is 9.72. The second kappa shape index (κ2) is 26.9. The van der Waals surface area contributed by atoms with Crippen molar-refractivity contribution in [2.45, 2.75) is 101 Å². The van der Waals surface area contributed by atoms with Crippen molar-refractivity contribution in [1.29, 1.82) is 0 Å². The van der Waals surface area contributed by atoms with Crippen LogP contribution < -0.4 is 0 Å². The SMILES string of the molecule is Cc1ccc(-c2cccc([C@@H]3O[C@H](CO)[C@@H](O)[C@H](O)[C@H]3O)c2)cc1.Cc1ccc(-c2cccc([C@@H]3O[C@H](COCc4ccccc4)[C@@H](OCc4ccccc4)[C@H](OCc4ccccc4)[C@H]3OCc3ccccc3)c2)cc1. The lowest BCUT2D eigenvalue weighted by Gasteiger charge is -2.46. The highest BCUT2D eigenvalue weighted by Crippen LogP contribution is 2.40. The maximum atomic E-state index is 10.3. The molecule has 0 radical (unpaired) electrons. The summed E-state index contributed by atoms with van der Waals surface area (Å²) >= 11 is 0. The van der Waals surface area contributed by atoms with Gasteiger partial charge in [0.15, 0.2) is 0 Å². The van der Waals surface area contributed by atoms with E-state index in [0.717, 1.165) is 50.1 Å². The van der Waals surface area contributed by atoms with Crippen LogP contribution in [0.15, 0.2) is 218 Å². The molecule has 0 amide bonds. The minimum atomic E-state index is -1.37. The first-order valence-electron chi connectivity index (χ1n) is 26.1.